The molecule has 0 spiro atoms. The van der Waals surface area contributed by atoms with Gasteiger partial charge in [0.25, 0.3) is 0 Å². The SMILES string of the molecule is CC1(C)CC(C=Cc2ccc(N(c3ccc(-c4nc5ccccc5s4)cc3)c3cccc4ccccc34)cc2)=CC(=C(C#N)C#N)C1. The summed E-state index contributed by atoms with van der Waals surface area (Å²) in [4.78, 5) is 7.18. The normalized spacial score (nSPS) is 14.1. The van der Waals surface area contributed by atoms with E-state index in [0.717, 1.165) is 62.7 Å². The zero-order valence-corrected chi connectivity index (χ0v) is 27.1. The van der Waals surface area contributed by atoms with E-state index >= 15 is 0 Å². The van der Waals surface area contributed by atoms with E-state index in [-0.39, 0.29) is 11.0 Å². The molecule has 4 nitrogen and oxygen atoms in total. The molecule has 0 radical (unpaired) electrons. The fraction of sp³-hybridized carbons (Fsp3) is 0.119. The number of hydrogen-bond acceptors (Lipinski definition) is 5. The van der Waals surface area contributed by atoms with Crippen LogP contribution in [0.1, 0.15) is 32.3 Å². The molecule has 0 bridgehead atoms. The van der Waals surface area contributed by atoms with E-state index in [1.54, 1.807) is 11.3 Å². The highest BCUT2D eigenvalue weighted by Crippen LogP contribution is 2.41. The number of para-hydroxylation sites is 1. The van der Waals surface area contributed by atoms with Gasteiger partial charge in [-0.1, -0.05) is 92.7 Å². The molecular formula is C42H32N4S. The Hall–Kier alpha value is -5.75. The average molecular weight is 625 g/mol. The molecule has 226 valence electrons. The molecule has 47 heavy (non-hydrogen) atoms. The molecule has 7 rings (SSSR count). The van der Waals surface area contributed by atoms with Gasteiger partial charge < -0.3 is 4.90 Å². The van der Waals surface area contributed by atoms with Crippen LogP contribution in [0.2, 0.25) is 0 Å². The lowest BCUT2D eigenvalue weighted by Gasteiger charge is -2.30. The van der Waals surface area contributed by atoms with Gasteiger partial charge in [0.05, 0.1) is 15.9 Å². The number of rotatable bonds is 6. The summed E-state index contributed by atoms with van der Waals surface area (Å²) in [5, 5.41) is 22.3. The molecule has 1 aliphatic rings. The van der Waals surface area contributed by atoms with E-state index in [1.165, 1.54) is 15.5 Å². The second-order valence-electron chi connectivity index (χ2n) is 12.7. The van der Waals surface area contributed by atoms with Crippen LogP contribution in [-0.4, -0.2) is 4.98 Å². The van der Waals surface area contributed by atoms with Crippen LogP contribution < -0.4 is 4.90 Å². The van der Waals surface area contributed by atoms with Crippen LogP contribution in [0.3, 0.4) is 0 Å². The van der Waals surface area contributed by atoms with E-state index in [0.29, 0.717) is 0 Å². The average Bonchev–Trinajstić information content (AvgIpc) is 3.53. The van der Waals surface area contributed by atoms with Crippen molar-refractivity contribution in [3.8, 4) is 22.7 Å². The van der Waals surface area contributed by atoms with Crippen molar-refractivity contribution in [2.45, 2.75) is 26.7 Å². The number of aromatic nitrogens is 1. The second-order valence-corrected chi connectivity index (χ2v) is 13.7. The van der Waals surface area contributed by atoms with Gasteiger partial charge in [-0.2, -0.15) is 10.5 Å². The molecule has 0 aliphatic heterocycles. The first-order chi connectivity index (χ1) is 22.9. The minimum atomic E-state index is -0.0197. The fourth-order valence-electron chi connectivity index (χ4n) is 6.41. The fourth-order valence-corrected chi connectivity index (χ4v) is 7.38. The smallest absolute Gasteiger partial charge is 0.132 e. The van der Waals surface area contributed by atoms with Crippen LogP contribution in [0.15, 0.2) is 144 Å². The van der Waals surface area contributed by atoms with Gasteiger partial charge in [-0.15, -0.1) is 11.3 Å². The largest absolute Gasteiger partial charge is 0.310 e. The van der Waals surface area contributed by atoms with Crippen molar-refractivity contribution in [3.05, 3.63) is 150 Å². The Balaban J connectivity index is 1.24. The number of nitriles is 2. The van der Waals surface area contributed by atoms with Gasteiger partial charge in [-0.3, -0.25) is 0 Å². The first-order valence-electron chi connectivity index (χ1n) is 15.7. The standard InChI is InChI=1S/C42H32N4S/c1-42(2)25-30(24-33(26-42)34(27-43)28-44)15-14-29-16-20-35(21-17-29)46(39-12-7-9-31-8-3-4-10-37(31)39)36-22-18-32(19-23-36)41-45-38-11-5-6-13-40(38)47-41/h3-24H,25-26H2,1-2H3. The van der Waals surface area contributed by atoms with Gasteiger partial charge in [0.2, 0.25) is 0 Å². The number of allylic oxidation sites excluding steroid dienone is 5. The van der Waals surface area contributed by atoms with Crippen LogP contribution in [0.25, 0.3) is 37.6 Å². The lowest BCUT2D eigenvalue weighted by atomic mass is 9.74. The zero-order chi connectivity index (χ0) is 32.4. The topological polar surface area (TPSA) is 63.7 Å². The highest BCUT2D eigenvalue weighted by Gasteiger charge is 2.26. The molecular weight excluding hydrogens is 593 g/mol. The van der Waals surface area contributed by atoms with Crippen LogP contribution in [-0.2, 0) is 0 Å². The third kappa shape index (κ3) is 6.23. The Labute approximate surface area is 279 Å². The quantitative estimate of drug-likeness (QED) is 0.173. The van der Waals surface area contributed by atoms with Gasteiger partial charge in [0.15, 0.2) is 0 Å². The number of fused-ring (bicyclic) bond motifs is 2. The minimum absolute atomic E-state index is 0.0197. The first kappa shape index (κ1) is 29.9. The van der Waals surface area contributed by atoms with Crippen molar-refractivity contribution in [3.63, 3.8) is 0 Å². The molecule has 0 N–H and O–H groups in total. The highest BCUT2D eigenvalue weighted by molar-refractivity contribution is 7.21. The Morgan fingerprint density at radius 1 is 0.766 bits per heavy atom. The molecule has 0 atom stereocenters. The Bertz CT molecular complexity index is 2230. The molecule has 6 aromatic rings. The van der Waals surface area contributed by atoms with Gasteiger partial charge in [-0.05, 0) is 94.9 Å². The lowest BCUT2D eigenvalue weighted by molar-refractivity contribution is 0.354. The van der Waals surface area contributed by atoms with E-state index in [9.17, 15) is 10.5 Å². The summed E-state index contributed by atoms with van der Waals surface area (Å²) in [5.41, 5.74) is 8.56. The van der Waals surface area contributed by atoms with Gasteiger partial charge in [-0.25, -0.2) is 4.98 Å². The van der Waals surface area contributed by atoms with E-state index in [4.69, 9.17) is 4.98 Å². The maximum atomic E-state index is 9.45. The summed E-state index contributed by atoms with van der Waals surface area (Å²) < 4.78 is 1.19. The molecule has 0 unspecified atom stereocenters. The summed E-state index contributed by atoms with van der Waals surface area (Å²) in [7, 11) is 0. The number of nitrogens with zero attached hydrogens (tertiary/aromatic N) is 4. The van der Waals surface area contributed by atoms with Crippen LogP contribution in [0, 0.1) is 28.1 Å². The zero-order valence-electron chi connectivity index (χ0n) is 26.3. The number of thiazole rings is 1. The van der Waals surface area contributed by atoms with Crippen molar-refractivity contribution in [2.75, 3.05) is 4.90 Å². The molecule has 0 saturated carbocycles. The number of anilines is 3. The summed E-state index contributed by atoms with van der Waals surface area (Å²) in [6, 6.07) is 44.6. The lowest BCUT2D eigenvalue weighted by Crippen LogP contribution is -2.17. The van der Waals surface area contributed by atoms with Crippen molar-refractivity contribution >= 4 is 55.5 Å². The predicted octanol–water partition coefficient (Wildman–Crippen LogP) is 11.7. The van der Waals surface area contributed by atoms with Crippen molar-refractivity contribution < 1.29 is 0 Å². The molecule has 0 saturated heterocycles. The van der Waals surface area contributed by atoms with E-state index < -0.39 is 0 Å². The van der Waals surface area contributed by atoms with Crippen molar-refractivity contribution in [2.24, 2.45) is 5.41 Å². The molecule has 1 aromatic heterocycles. The van der Waals surface area contributed by atoms with Gasteiger partial charge >= 0.3 is 0 Å². The summed E-state index contributed by atoms with van der Waals surface area (Å²) >= 11 is 1.71. The summed E-state index contributed by atoms with van der Waals surface area (Å²) in [6.45, 7) is 4.37. The maximum absolute atomic E-state index is 9.45. The molecule has 5 aromatic carbocycles. The molecule has 5 heteroatoms. The molecule has 0 fully saturated rings. The third-order valence-electron chi connectivity index (χ3n) is 8.57. The maximum Gasteiger partial charge on any atom is 0.132 e. The van der Waals surface area contributed by atoms with E-state index in [1.807, 2.05) is 12.1 Å². The Morgan fingerprint density at radius 3 is 2.19 bits per heavy atom. The van der Waals surface area contributed by atoms with Crippen molar-refractivity contribution in [1.29, 1.82) is 10.5 Å². The highest BCUT2D eigenvalue weighted by atomic mass is 32.1. The van der Waals surface area contributed by atoms with Crippen molar-refractivity contribution in [1.82, 2.24) is 4.98 Å². The van der Waals surface area contributed by atoms with Gasteiger partial charge in [0, 0.05) is 22.3 Å². The van der Waals surface area contributed by atoms with Crippen LogP contribution in [0.4, 0.5) is 17.1 Å². The Kier molecular flexibility index (Phi) is 8.00. The molecule has 1 aliphatic carbocycles. The second kappa shape index (κ2) is 12.6. The van der Waals surface area contributed by atoms with Gasteiger partial charge in [0.1, 0.15) is 22.7 Å². The molecule has 0 amide bonds. The number of hydrogen-bond donors (Lipinski definition) is 0. The van der Waals surface area contributed by atoms with Crippen LogP contribution >= 0.6 is 11.3 Å². The first-order valence-corrected chi connectivity index (χ1v) is 16.5. The third-order valence-corrected chi connectivity index (χ3v) is 9.66. The number of benzene rings is 5. The summed E-state index contributed by atoms with van der Waals surface area (Å²) in [6.07, 6.45) is 7.85. The van der Waals surface area contributed by atoms with Crippen LogP contribution in [0.5, 0.6) is 0 Å². The predicted molar refractivity (Wildman–Crippen MR) is 196 cm³/mol. The monoisotopic (exact) mass is 624 g/mol. The minimum Gasteiger partial charge on any atom is -0.310 e. The van der Waals surface area contributed by atoms with E-state index in [2.05, 4.69) is 152 Å². The Morgan fingerprint density at radius 2 is 1.45 bits per heavy atom. The summed E-state index contributed by atoms with van der Waals surface area (Å²) in [5.74, 6) is 0. The molecule has 1 heterocycles.